The van der Waals surface area contributed by atoms with Crippen molar-refractivity contribution >= 4 is 28.6 Å². The minimum atomic E-state index is -1.59. The van der Waals surface area contributed by atoms with Crippen LogP contribution < -0.4 is 9.64 Å². The molecule has 5 aromatic carbocycles. The number of ether oxygens (including phenoxy) is 2. The van der Waals surface area contributed by atoms with Gasteiger partial charge in [0.15, 0.2) is 17.2 Å². The Kier molecular flexibility index (Phi) is 5.48. The second-order valence-electron chi connectivity index (χ2n) is 11.4. The maximum atomic E-state index is 14.9. The third-order valence-electron chi connectivity index (χ3n) is 8.47. The van der Waals surface area contributed by atoms with Gasteiger partial charge in [-0.3, -0.25) is 4.79 Å². The van der Waals surface area contributed by atoms with E-state index >= 15 is 0 Å². The Morgan fingerprint density at radius 1 is 0.829 bits per heavy atom. The molecule has 2 aliphatic rings. The molecular formula is C35H27F2NO3. The van der Waals surface area contributed by atoms with Crippen LogP contribution in [0.4, 0.5) is 20.2 Å². The lowest BCUT2D eigenvalue weighted by Gasteiger charge is -2.40. The summed E-state index contributed by atoms with van der Waals surface area (Å²) < 4.78 is 41.9. The van der Waals surface area contributed by atoms with Crippen LogP contribution in [0.2, 0.25) is 0 Å². The average Bonchev–Trinajstić information content (AvgIpc) is 3.25. The Morgan fingerprint density at radius 2 is 1.59 bits per heavy atom. The van der Waals surface area contributed by atoms with Crippen molar-refractivity contribution < 1.29 is 23.0 Å². The fraction of sp³-hybridized carbons (Fsp3) is 0.171. The van der Waals surface area contributed by atoms with Crippen LogP contribution in [0, 0.1) is 18.6 Å². The fourth-order valence-electron chi connectivity index (χ4n) is 6.65. The van der Waals surface area contributed by atoms with Gasteiger partial charge in [-0.15, -0.1) is 0 Å². The predicted octanol–water partition coefficient (Wildman–Crippen LogP) is 8.43. The van der Waals surface area contributed by atoms with Crippen molar-refractivity contribution in [3.05, 3.63) is 130 Å². The number of fused-ring (bicyclic) bond motifs is 5. The molecular weight excluding hydrogens is 520 g/mol. The average molecular weight is 548 g/mol. The maximum absolute atomic E-state index is 14.9. The third kappa shape index (κ3) is 3.60. The first kappa shape index (κ1) is 25.3. The van der Waals surface area contributed by atoms with Gasteiger partial charge in [0.05, 0.1) is 5.56 Å². The van der Waals surface area contributed by atoms with Gasteiger partial charge in [-0.25, -0.2) is 8.78 Å². The highest BCUT2D eigenvalue weighted by Crippen LogP contribution is 2.56. The molecule has 5 aromatic rings. The van der Waals surface area contributed by atoms with Gasteiger partial charge in [0, 0.05) is 40.5 Å². The molecule has 0 saturated heterocycles. The molecule has 0 amide bonds. The van der Waals surface area contributed by atoms with Crippen LogP contribution in [0.3, 0.4) is 0 Å². The van der Waals surface area contributed by atoms with Crippen LogP contribution in [-0.2, 0) is 20.5 Å². The Labute approximate surface area is 236 Å². The monoisotopic (exact) mass is 547 g/mol. The number of nitrogens with zero attached hydrogens (tertiary/aromatic N) is 1. The summed E-state index contributed by atoms with van der Waals surface area (Å²) in [6, 6.07) is 27.8. The van der Waals surface area contributed by atoms with Gasteiger partial charge in [-0.1, -0.05) is 62.4 Å². The van der Waals surface area contributed by atoms with Crippen LogP contribution in [0.25, 0.3) is 10.8 Å². The summed E-state index contributed by atoms with van der Waals surface area (Å²) >= 11 is 0. The molecule has 4 nitrogen and oxygen atoms in total. The van der Waals surface area contributed by atoms with Gasteiger partial charge in [-0.05, 0) is 65.2 Å². The molecule has 0 saturated carbocycles. The first-order chi connectivity index (χ1) is 19.7. The summed E-state index contributed by atoms with van der Waals surface area (Å²) in [5.41, 5.74) is 3.48. The van der Waals surface area contributed by atoms with E-state index in [1.165, 1.54) is 5.56 Å². The summed E-state index contributed by atoms with van der Waals surface area (Å²) in [5, 5.41) is 1.67. The van der Waals surface area contributed by atoms with Gasteiger partial charge in [0.2, 0.25) is 0 Å². The second kappa shape index (κ2) is 8.90. The summed E-state index contributed by atoms with van der Waals surface area (Å²) in [7, 11) is 0. The van der Waals surface area contributed by atoms with Crippen LogP contribution in [0.5, 0.6) is 11.5 Å². The van der Waals surface area contributed by atoms with E-state index in [1.807, 2.05) is 60.7 Å². The Hall–Kier alpha value is -4.71. The first-order valence-electron chi connectivity index (χ1n) is 13.5. The third-order valence-corrected chi connectivity index (χ3v) is 8.47. The van der Waals surface area contributed by atoms with Gasteiger partial charge in [0.1, 0.15) is 11.5 Å². The van der Waals surface area contributed by atoms with Gasteiger partial charge in [-0.2, -0.15) is 0 Å². The second-order valence-corrected chi connectivity index (χ2v) is 11.4. The predicted molar refractivity (Wildman–Crippen MR) is 155 cm³/mol. The van der Waals surface area contributed by atoms with E-state index in [0.717, 1.165) is 40.8 Å². The molecule has 0 fully saturated rings. The summed E-state index contributed by atoms with van der Waals surface area (Å²) in [6.45, 7) is 7.26. The standard InChI is InChI=1S/C35H27F2NO3/c1-21-16-28(36)29(37)18-27(21)35(40-20-39)26-14-13-23(38-19-34(2,3)25-10-6-7-11-30(25)38)17-32(26)41-31-15-12-22-8-4-5-9-24(22)33(31)35/h4-18,20H,19H2,1-3H3. The van der Waals surface area contributed by atoms with E-state index in [9.17, 15) is 13.6 Å². The highest BCUT2D eigenvalue weighted by Gasteiger charge is 2.49. The molecule has 6 heteroatoms. The molecule has 0 aliphatic carbocycles. The smallest absolute Gasteiger partial charge is 0.294 e. The van der Waals surface area contributed by atoms with E-state index in [0.29, 0.717) is 40.2 Å². The molecule has 41 heavy (non-hydrogen) atoms. The van der Waals surface area contributed by atoms with E-state index in [-0.39, 0.29) is 5.41 Å². The summed E-state index contributed by atoms with van der Waals surface area (Å²) in [5.74, 6) is -1.05. The maximum Gasteiger partial charge on any atom is 0.294 e. The van der Waals surface area contributed by atoms with E-state index in [2.05, 4.69) is 36.9 Å². The van der Waals surface area contributed by atoms with E-state index < -0.39 is 17.2 Å². The number of carbonyl (C=O) groups excluding carboxylic acids is 1. The van der Waals surface area contributed by atoms with Gasteiger partial charge in [0.25, 0.3) is 6.47 Å². The highest BCUT2D eigenvalue weighted by molar-refractivity contribution is 5.91. The largest absolute Gasteiger partial charge is 0.456 e. The highest BCUT2D eigenvalue weighted by atomic mass is 19.2. The fourth-order valence-corrected chi connectivity index (χ4v) is 6.65. The van der Waals surface area contributed by atoms with Crippen LogP contribution >= 0.6 is 0 Å². The minimum absolute atomic E-state index is 0.0635. The first-order valence-corrected chi connectivity index (χ1v) is 13.5. The zero-order chi connectivity index (χ0) is 28.5. The zero-order valence-electron chi connectivity index (χ0n) is 22.9. The molecule has 0 aromatic heterocycles. The van der Waals surface area contributed by atoms with Crippen molar-refractivity contribution in [2.24, 2.45) is 0 Å². The summed E-state index contributed by atoms with van der Waals surface area (Å²) in [6.07, 6.45) is 0. The number of carbonyl (C=O) groups is 1. The Morgan fingerprint density at radius 3 is 2.41 bits per heavy atom. The molecule has 0 radical (unpaired) electrons. The summed E-state index contributed by atoms with van der Waals surface area (Å²) in [4.78, 5) is 14.6. The molecule has 2 heterocycles. The SMILES string of the molecule is Cc1cc(F)c(F)cc1C1(OC=O)c2ccc(N3CC(C)(C)c4ccccc43)cc2Oc2ccc3ccccc3c21. The molecule has 1 unspecified atom stereocenters. The van der Waals surface area contributed by atoms with Crippen LogP contribution in [-0.4, -0.2) is 13.0 Å². The number of para-hydroxylation sites is 1. The molecule has 7 rings (SSSR count). The quantitative estimate of drug-likeness (QED) is 0.212. The number of benzene rings is 5. The number of rotatable bonds is 4. The van der Waals surface area contributed by atoms with Crippen molar-refractivity contribution in [3.63, 3.8) is 0 Å². The number of halogens is 2. The van der Waals surface area contributed by atoms with Gasteiger partial charge >= 0.3 is 0 Å². The topological polar surface area (TPSA) is 38.8 Å². The van der Waals surface area contributed by atoms with Crippen molar-refractivity contribution in [2.45, 2.75) is 31.8 Å². The van der Waals surface area contributed by atoms with Gasteiger partial charge < -0.3 is 14.4 Å². The normalized spacial score (nSPS) is 18.3. The van der Waals surface area contributed by atoms with E-state index in [4.69, 9.17) is 9.47 Å². The lowest BCUT2D eigenvalue weighted by molar-refractivity contribution is -0.137. The molecule has 1 atom stereocenters. The Balaban J connectivity index is 1.52. The lowest BCUT2D eigenvalue weighted by Crippen LogP contribution is -2.37. The van der Waals surface area contributed by atoms with Crippen molar-refractivity contribution in [3.8, 4) is 11.5 Å². The van der Waals surface area contributed by atoms with Crippen molar-refractivity contribution in [1.29, 1.82) is 0 Å². The Bertz CT molecular complexity index is 1880. The lowest BCUT2D eigenvalue weighted by atomic mass is 9.74. The number of anilines is 2. The molecule has 0 bridgehead atoms. The van der Waals surface area contributed by atoms with Crippen LogP contribution in [0.15, 0.2) is 91.0 Å². The number of aryl methyl sites for hydroxylation is 1. The molecule has 0 spiro atoms. The van der Waals surface area contributed by atoms with E-state index in [1.54, 1.807) is 6.92 Å². The van der Waals surface area contributed by atoms with Crippen molar-refractivity contribution in [1.82, 2.24) is 0 Å². The molecule has 204 valence electrons. The number of hydrogen-bond donors (Lipinski definition) is 0. The molecule has 0 N–H and O–H groups in total. The van der Waals surface area contributed by atoms with Crippen molar-refractivity contribution in [2.75, 3.05) is 11.4 Å². The van der Waals surface area contributed by atoms with Crippen LogP contribution in [0.1, 0.15) is 41.7 Å². The molecule has 2 aliphatic heterocycles. The zero-order valence-corrected chi connectivity index (χ0v) is 22.9. The number of hydrogen-bond acceptors (Lipinski definition) is 4. The minimum Gasteiger partial charge on any atom is -0.456 e.